The third kappa shape index (κ3) is 0.889. The van der Waals surface area contributed by atoms with Gasteiger partial charge in [0.2, 0.25) is 0 Å². The van der Waals surface area contributed by atoms with Gasteiger partial charge in [0, 0.05) is 11.1 Å². The number of nitrogens with two attached hydrogens (primary N) is 1. The Bertz CT molecular complexity index is 423. The number of benzene rings is 2. The van der Waals surface area contributed by atoms with Crippen molar-refractivity contribution < 1.29 is 5.11 Å². The molecular weight excluding hydrogens is 150 g/mol. The Morgan fingerprint density at radius 1 is 1.00 bits per heavy atom. The quantitative estimate of drug-likeness (QED) is 0.590. The van der Waals surface area contributed by atoms with Gasteiger partial charge in [0.25, 0.3) is 0 Å². The minimum atomic E-state index is -0.103. The van der Waals surface area contributed by atoms with Crippen molar-refractivity contribution in [1.82, 2.24) is 0 Å². The third-order valence-corrected chi connectivity index (χ3v) is 1.93. The van der Waals surface area contributed by atoms with Gasteiger partial charge in [-0.3, -0.25) is 0 Å². The Labute approximate surface area is 70.2 Å². The van der Waals surface area contributed by atoms with Crippen LogP contribution in [0.5, 0.6) is 5.75 Å². The lowest BCUT2D eigenvalue weighted by Crippen LogP contribution is -1.97. The van der Waals surface area contributed by atoms with Gasteiger partial charge in [0.05, 0.1) is 0 Å². The molecule has 0 aliphatic carbocycles. The fourth-order valence-corrected chi connectivity index (χ4v) is 1.28. The summed E-state index contributed by atoms with van der Waals surface area (Å²) in [5.41, 5.74) is 5.95. The number of fused-ring (bicyclic) bond motifs is 1. The normalized spacial score (nSPS) is 10.3. The Balaban J connectivity index is 2.91. The van der Waals surface area contributed by atoms with E-state index < -0.39 is 0 Å². The molecule has 0 heterocycles. The van der Waals surface area contributed by atoms with E-state index in [4.69, 9.17) is 5.73 Å². The molecule has 60 valence electrons. The molecular formula is C10H8NO-. The molecule has 0 aromatic heterocycles. The van der Waals surface area contributed by atoms with Crippen LogP contribution in [0.3, 0.4) is 0 Å². The average Bonchev–Trinajstić information content (AvgIpc) is 2.12. The van der Waals surface area contributed by atoms with Crippen LogP contribution in [0.25, 0.3) is 10.8 Å². The van der Waals surface area contributed by atoms with Gasteiger partial charge >= 0.3 is 0 Å². The van der Waals surface area contributed by atoms with Crippen LogP contribution in [-0.2, 0) is 0 Å². The third-order valence-electron chi connectivity index (χ3n) is 1.93. The van der Waals surface area contributed by atoms with Gasteiger partial charge in [-0.1, -0.05) is 42.1 Å². The van der Waals surface area contributed by atoms with Crippen LogP contribution in [0, 0.1) is 0 Å². The lowest BCUT2D eigenvalue weighted by molar-refractivity contribution is -0.266. The second-order valence-corrected chi connectivity index (χ2v) is 2.70. The van der Waals surface area contributed by atoms with Crippen LogP contribution in [0.1, 0.15) is 0 Å². The summed E-state index contributed by atoms with van der Waals surface area (Å²) in [5.74, 6) is -0.103. The lowest BCUT2D eigenvalue weighted by atomic mass is 10.1. The van der Waals surface area contributed by atoms with Gasteiger partial charge in [-0.25, -0.2) is 0 Å². The van der Waals surface area contributed by atoms with E-state index in [9.17, 15) is 5.11 Å². The molecule has 2 N–H and O–H groups in total. The highest BCUT2D eigenvalue weighted by atomic mass is 16.3. The van der Waals surface area contributed by atoms with Gasteiger partial charge in [-0.15, -0.1) is 0 Å². The van der Waals surface area contributed by atoms with Crippen molar-refractivity contribution in [1.29, 1.82) is 0 Å². The summed E-state index contributed by atoms with van der Waals surface area (Å²) >= 11 is 0. The molecule has 12 heavy (non-hydrogen) atoms. The van der Waals surface area contributed by atoms with E-state index in [0.717, 1.165) is 10.8 Å². The molecule has 0 aliphatic heterocycles. The topological polar surface area (TPSA) is 49.1 Å². The molecule has 2 aromatic rings. The Morgan fingerprint density at radius 2 is 1.75 bits per heavy atom. The van der Waals surface area contributed by atoms with Crippen molar-refractivity contribution in [2.45, 2.75) is 0 Å². The fraction of sp³-hybridized carbons (Fsp3) is 0. The van der Waals surface area contributed by atoms with Gasteiger partial charge in [0.1, 0.15) is 0 Å². The van der Waals surface area contributed by atoms with E-state index >= 15 is 0 Å². The van der Waals surface area contributed by atoms with Crippen LogP contribution >= 0.6 is 0 Å². The van der Waals surface area contributed by atoms with Gasteiger partial charge in [0.15, 0.2) is 0 Å². The second kappa shape index (κ2) is 2.41. The molecule has 0 saturated heterocycles. The second-order valence-electron chi connectivity index (χ2n) is 2.70. The number of hydrogen-bond acceptors (Lipinski definition) is 2. The molecule has 0 aliphatic rings. The molecule has 0 atom stereocenters. The van der Waals surface area contributed by atoms with Gasteiger partial charge < -0.3 is 10.8 Å². The molecule has 2 heteroatoms. The smallest absolute Gasteiger partial charge is 0.0313 e. The van der Waals surface area contributed by atoms with E-state index in [1.54, 1.807) is 6.07 Å². The van der Waals surface area contributed by atoms with E-state index in [1.165, 1.54) is 6.07 Å². The van der Waals surface area contributed by atoms with Crippen LogP contribution < -0.4 is 10.8 Å². The zero-order chi connectivity index (χ0) is 8.55. The average molecular weight is 158 g/mol. The summed E-state index contributed by atoms with van der Waals surface area (Å²) in [6.45, 7) is 0. The zero-order valence-corrected chi connectivity index (χ0v) is 6.45. The summed E-state index contributed by atoms with van der Waals surface area (Å²) in [6, 6.07) is 10.9. The van der Waals surface area contributed by atoms with Crippen molar-refractivity contribution in [2.24, 2.45) is 0 Å². The van der Waals surface area contributed by atoms with Crippen molar-refractivity contribution in [3.8, 4) is 5.75 Å². The first kappa shape index (κ1) is 6.98. The maximum Gasteiger partial charge on any atom is 0.0313 e. The molecule has 0 fully saturated rings. The van der Waals surface area contributed by atoms with E-state index in [-0.39, 0.29) is 5.75 Å². The fourth-order valence-electron chi connectivity index (χ4n) is 1.28. The highest BCUT2D eigenvalue weighted by Gasteiger charge is 1.95. The Hall–Kier alpha value is -1.70. The SMILES string of the molecule is Nc1c([O-])ccc2ccccc12. The standard InChI is InChI=1S/C10H9NO/c11-10-8-4-2-1-3-7(8)5-6-9(10)12/h1-6,12H,11H2/p-1. The van der Waals surface area contributed by atoms with E-state index in [1.807, 2.05) is 24.3 Å². The van der Waals surface area contributed by atoms with Crippen LogP contribution in [-0.4, -0.2) is 0 Å². The predicted molar refractivity (Wildman–Crippen MR) is 47.8 cm³/mol. The maximum atomic E-state index is 11.1. The number of anilines is 1. The largest absolute Gasteiger partial charge is 0.871 e. The molecule has 0 bridgehead atoms. The van der Waals surface area contributed by atoms with Crippen molar-refractivity contribution in [3.63, 3.8) is 0 Å². The molecule has 0 spiro atoms. The number of rotatable bonds is 0. The summed E-state index contributed by atoms with van der Waals surface area (Å²) < 4.78 is 0. The highest BCUT2D eigenvalue weighted by Crippen LogP contribution is 2.26. The van der Waals surface area contributed by atoms with Crippen LogP contribution in [0.15, 0.2) is 36.4 Å². The molecule has 2 rings (SSSR count). The summed E-state index contributed by atoms with van der Waals surface area (Å²) in [5, 5.41) is 13.0. The predicted octanol–water partition coefficient (Wildman–Crippen LogP) is 1.50. The lowest BCUT2D eigenvalue weighted by Gasteiger charge is -2.11. The Morgan fingerprint density at radius 3 is 2.58 bits per heavy atom. The molecule has 2 aromatic carbocycles. The van der Waals surface area contributed by atoms with Crippen LogP contribution in [0.2, 0.25) is 0 Å². The summed E-state index contributed by atoms with van der Waals surface area (Å²) in [6.07, 6.45) is 0. The number of hydrogen-bond donors (Lipinski definition) is 1. The first-order valence-electron chi connectivity index (χ1n) is 3.73. The monoisotopic (exact) mass is 158 g/mol. The molecule has 2 nitrogen and oxygen atoms in total. The molecule has 0 saturated carbocycles. The zero-order valence-electron chi connectivity index (χ0n) is 6.45. The first-order valence-corrected chi connectivity index (χ1v) is 3.73. The molecule has 0 unspecified atom stereocenters. The van der Waals surface area contributed by atoms with Crippen molar-refractivity contribution in [2.75, 3.05) is 5.73 Å². The Kier molecular flexibility index (Phi) is 1.40. The van der Waals surface area contributed by atoms with Gasteiger partial charge in [-0.2, -0.15) is 0 Å². The summed E-state index contributed by atoms with van der Waals surface area (Å²) in [7, 11) is 0. The first-order chi connectivity index (χ1) is 5.79. The molecule has 0 amide bonds. The van der Waals surface area contributed by atoms with Gasteiger partial charge in [-0.05, 0) is 5.39 Å². The summed E-state index contributed by atoms with van der Waals surface area (Å²) in [4.78, 5) is 0. The van der Waals surface area contributed by atoms with E-state index in [2.05, 4.69) is 0 Å². The highest BCUT2D eigenvalue weighted by molar-refractivity contribution is 5.95. The van der Waals surface area contributed by atoms with Crippen LogP contribution in [0.4, 0.5) is 5.69 Å². The minimum absolute atomic E-state index is 0.103. The number of nitrogen functional groups attached to an aromatic ring is 1. The van der Waals surface area contributed by atoms with Crippen molar-refractivity contribution >= 4 is 16.5 Å². The maximum absolute atomic E-state index is 11.1. The van der Waals surface area contributed by atoms with E-state index in [0.29, 0.717) is 5.69 Å². The minimum Gasteiger partial charge on any atom is -0.871 e. The van der Waals surface area contributed by atoms with Crippen molar-refractivity contribution in [3.05, 3.63) is 36.4 Å². The molecule has 0 radical (unpaired) electrons.